The normalized spacial score (nSPS) is 19.7. The Balaban J connectivity index is 2.05. The molecule has 1 amide bonds. The van der Waals surface area contributed by atoms with Gasteiger partial charge in [0, 0.05) is 19.7 Å². The summed E-state index contributed by atoms with van der Waals surface area (Å²) < 4.78 is 0. The largest absolute Gasteiger partial charge is 0.396 e. The van der Waals surface area contributed by atoms with Crippen molar-refractivity contribution in [2.75, 3.05) is 25.1 Å². The zero-order valence-corrected chi connectivity index (χ0v) is 10.0. The molecule has 1 unspecified atom stereocenters. The van der Waals surface area contributed by atoms with Crippen LogP contribution in [-0.4, -0.2) is 45.6 Å². The Morgan fingerprint density at radius 2 is 2.39 bits per heavy atom. The highest BCUT2D eigenvalue weighted by molar-refractivity contribution is 5.92. The molecule has 1 fully saturated rings. The summed E-state index contributed by atoms with van der Waals surface area (Å²) in [5.74, 6) is 5.61. The lowest BCUT2D eigenvalue weighted by Crippen LogP contribution is -2.41. The number of aliphatic hydroxyl groups excluding tert-OH is 1. The van der Waals surface area contributed by atoms with Gasteiger partial charge in [-0.3, -0.25) is 4.79 Å². The molecule has 1 aliphatic heterocycles. The number of anilines is 1. The van der Waals surface area contributed by atoms with Crippen LogP contribution in [0.1, 0.15) is 23.3 Å². The van der Waals surface area contributed by atoms with Gasteiger partial charge in [-0.05, 0) is 18.8 Å². The van der Waals surface area contributed by atoms with E-state index in [-0.39, 0.29) is 18.4 Å². The molecule has 0 radical (unpaired) electrons. The first kappa shape index (κ1) is 12.7. The molecule has 7 heteroatoms. The molecule has 1 aliphatic rings. The quantitative estimate of drug-likeness (QED) is 0.499. The maximum Gasteiger partial charge on any atom is 0.274 e. The van der Waals surface area contributed by atoms with Gasteiger partial charge in [0.2, 0.25) is 0 Å². The average Bonchev–Trinajstić information content (AvgIpc) is 2.46. The van der Waals surface area contributed by atoms with Crippen LogP contribution in [-0.2, 0) is 0 Å². The third kappa shape index (κ3) is 2.74. The number of piperidine rings is 1. The fourth-order valence-corrected chi connectivity index (χ4v) is 2.07. The van der Waals surface area contributed by atoms with E-state index >= 15 is 0 Å². The number of nitrogens with zero attached hydrogens (tertiary/aromatic N) is 3. The molecule has 98 valence electrons. The Morgan fingerprint density at radius 3 is 3.00 bits per heavy atom. The molecule has 1 saturated heterocycles. The summed E-state index contributed by atoms with van der Waals surface area (Å²) in [5.41, 5.74) is 2.66. The highest BCUT2D eigenvalue weighted by atomic mass is 16.3. The minimum Gasteiger partial charge on any atom is -0.396 e. The van der Waals surface area contributed by atoms with Crippen molar-refractivity contribution in [3.63, 3.8) is 0 Å². The monoisotopic (exact) mass is 251 g/mol. The SMILES string of the molecule is NNc1cnc(C(=O)N2CCCC(CO)C2)cn1. The number of rotatable bonds is 3. The molecule has 18 heavy (non-hydrogen) atoms. The van der Waals surface area contributed by atoms with Crippen molar-refractivity contribution < 1.29 is 9.90 Å². The number of hydrazine groups is 1. The first-order valence-corrected chi connectivity index (χ1v) is 5.93. The third-order valence-corrected chi connectivity index (χ3v) is 3.08. The van der Waals surface area contributed by atoms with Crippen LogP contribution >= 0.6 is 0 Å². The lowest BCUT2D eigenvalue weighted by molar-refractivity contribution is 0.0614. The van der Waals surface area contributed by atoms with Crippen molar-refractivity contribution in [2.24, 2.45) is 11.8 Å². The summed E-state index contributed by atoms with van der Waals surface area (Å²) in [5, 5.41) is 9.14. The molecule has 1 atom stereocenters. The Hall–Kier alpha value is -1.73. The molecule has 0 aromatic carbocycles. The Labute approximate surface area is 105 Å². The zero-order valence-electron chi connectivity index (χ0n) is 10.0. The molecule has 0 saturated carbocycles. The molecule has 7 nitrogen and oxygen atoms in total. The minimum absolute atomic E-state index is 0.117. The lowest BCUT2D eigenvalue weighted by atomic mass is 9.99. The first-order valence-electron chi connectivity index (χ1n) is 5.93. The van der Waals surface area contributed by atoms with Crippen LogP contribution in [0.4, 0.5) is 5.82 Å². The second-order valence-electron chi connectivity index (χ2n) is 4.37. The van der Waals surface area contributed by atoms with Crippen LogP contribution < -0.4 is 11.3 Å². The summed E-state index contributed by atoms with van der Waals surface area (Å²) in [7, 11) is 0. The third-order valence-electron chi connectivity index (χ3n) is 3.08. The van der Waals surface area contributed by atoms with E-state index in [4.69, 9.17) is 10.9 Å². The van der Waals surface area contributed by atoms with Gasteiger partial charge in [-0.15, -0.1) is 0 Å². The fraction of sp³-hybridized carbons (Fsp3) is 0.545. The number of likely N-dealkylation sites (tertiary alicyclic amines) is 1. The van der Waals surface area contributed by atoms with Crippen molar-refractivity contribution in [1.29, 1.82) is 0 Å². The molecular formula is C11H17N5O2. The number of carbonyl (C=O) groups excluding carboxylic acids is 1. The van der Waals surface area contributed by atoms with E-state index < -0.39 is 0 Å². The summed E-state index contributed by atoms with van der Waals surface area (Å²) in [4.78, 5) is 21.8. The fourth-order valence-electron chi connectivity index (χ4n) is 2.07. The molecule has 2 rings (SSSR count). The van der Waals surface area contributed by atoms with Crippen molar-refractivity contribution >= 4 is 11.7 Å². The smallest absolute Gasteiger partial charge is 0.274 e. The standard InChI is InChI=1S/C11H17N5O2/c12-15-10-5-13-9(4-14-10)11(18)16-3-1-2-8(6-16)7-17/h4-5,8,17H,1-3,6-7,12H2,(H,14,15). The number of carbonyl (C=O) groups is 1. The van der Waals surface area contributed by atoms with Gasteiger partial charge in [0.1, 0.15) is 5.69 Å². The van der Waals surface area contributed by atoms with Crippen molar-refractivity contribution in [3.05, 3.63) is 18.1 Å². The molecule has 0 bridgehead atoms. The maximum atomic E-state index is 12.2. The molecule has 2 heterocycles. The van der Waals surface area contributed by atoms with E-state index in [2.05, 4.69) is 15.4 Å². The number of nitrogens with one attached hydrogen (secondary N) is 1. The van der Waals surface area contributed by atoms with Crippen LogP contribution in [0, 0.1) is 5.92 Å². The number of nitrogens with two attached hydrogens (primary N) is 1. The van der Waals surface area contributed by atoms with Crippen LogP contribution in [0.15, 0.2) is 12.4 Å². The van der Waals surface area contributed by atoms with E-state index in [0.29, 0.717) is 24.6 Å². The van der Waals surface area contributed by atoms with Gasteiger partial charge < -0.3 is 15.4 Å². The van der Waals surface area contributed by atoms with Gasteiger partial charge in [0.25, 0.3) is 5.91 Å². The van der Waals surface area contributed by atoms with Gasteiger partial charge in [-0.25, -0.2) is 15.8 Å². The zero-order chi connectivity index (χ0) is 13.0. The van der Waals surface area contributed by atoms with Gasteiger partial charge in [0.15, 0.2) is 5.82 Å². The van der Waals surface area contributed by atoms with Crippen molar-refractivity contribution in [2.45, 2.75) is 12.8 Å². The Kier molecular flexibility index (Phi) is 4.06. The van der Waals surface area contributed by atoms with Crippen LogP contribution in [0.2, 0.25) is 0 Å². The number of amides is 1. The summed E-state index contributed by atoms with van der Waals surface area (Å²) >= 11 is 0. The minimum atomic E-state index is -0.149. The molecule has 0 spiro atoms. The second-order valence-corrected chi connectivity index (χ2v) is 4.37. The number of hydrogen-bond acceptors (Lipinski definition) is 6. The average molecular weight is 251 g/mol. The molecule has 4 N–H and O–H groups in total. The Bertz CT molecular complexity index is 408. The summed E-state index contributed by atoms with van der Waals surface area (Å²) in [6, 6.07) is 0. The maximum absolute atomic E-state index is 12.2. The topological polar surface area (TPSA) is 104 Å². The van der Waals surface area contributed by atoms with Crippen LogP contribution in [0.3, 0.4) is 0 Å². The number of hydrogen-bond donors (Lipinski definition) is 3. The summed E-state index contributed by atoms with van der Waals surface area (Å²) in [6.07, 6.45) is 4.69. The van der Waals surface area contributed by atoms with Crippen LogP contribution in [0.25, 0.3) is 0 Å². The predicted octanol–water partition coefficient (Wildman–Crippen LogP) is -0.393. The molecule has 0 aliphatic carbocycles. The van der Waals surface area contributed by atoms with E-state index in [1.165, 1.54) is 12.4 Å². The highest BCUT2D eigenvalue weighted by Gasteiger charge is 2.24. The van der Waals surface area contributed by atoms with E-state index in [0.717, 1.165) is 12.8 Å². The number of aromatic nitrogens is 2. The van der Waals surface area contributed by atoms with Gasteiger partial charge >= 0.3 is 0 Å². The number of aliphatic hydroxyl groups is 1. The molecule has 1 aromatic rings. The van der Waals surface area contributed by atoms with Gasteiger partial charge in [-0.1, -0.05) is 0 Å². The van der Waals surface area contributed by atoms with Crippen LogP contribution in [0.5, 0.6) is 0 Å². The van der Waals surface area contributed by atoms with Crippen molar-refractivity contribution in [3.8, 4) is 0 Å². The Morgan fingerprint density at radius 1 is 1.56 bits per heavy atom. The first-order chi connectivity index (χ1) is 8.74. The summed E-state index contributed by atoms with van der Waals surface area (Å²) in [6.45, 7) is 1.40. The number of nitrogen functional groups attached to an aromatic ring is 1. The van der Waals surface area contributed by atoms with E-state index in [1.807, 2.05) is 0 Å². The van der Waals surface area contributed by atoms with Crippen molar-refractivity contribution in [1.82, 2.24) is 14.9 Å². The predicted molar refractivity (Wildman–Crippen MR) is 65.6 cm³/mol. The molecular weight excluding hydrogens is 234 g/mol. The van der Waals surface area contributed by atoms with E-state index in [1.54, 1.807) is 4.90 Å². The van der Waals surface area contributed by atoms with Gasteiger partial charge in [0.05, 0.1) is 12.4 Å². The van der Waals surface area contributed by atoms with Gasteiger partial charge in [-0.2, -0.15) is 0 Å². The van der Waals surface area contributed by atoms with E-state index in [9.17, 15) is 4.79 Å². The second kappa shape index (κ2) is 5.74. The highest BCUT2D eigenvalue weighted by Crippen LogP contribution is 2.17. The molecule has 1 aromatic heterocycles. The lowest BCUT2D eigenvalue weighted by Gasteiger charge is -2.31.